The van der Waals surface area contributed by atoms with Crippen molar-refractivity contribution in [3.63, 3.8) is 0 Å². The summed E-state index contributed by atoms with van der Waals surface area (Å²) in [5.74, 6) is 0.370. The van der Waals surface area contributed by atoms with Gasteiger partial charge < -0.3 is 4.42 Å². The van der Waals surface area contributed by atoms with Gasteiger partial charge in [-0.15, -0.1) is 0 Å². The van der Waals surface area contributed by atoms with Crippen LogP contribution < -0.4 is 5.63 Å². The number of benzene rings is 1. The zero-order chi connectivity index (χ0) is 15.9. The minimum absolute atomic E-state index is 0.185. The van der Waals surface area contributed by atoms with Crippen molar-refractivity contribution in [2.45, 2.75) is 20.4 Å². The standard InChI is InChI=1S/C16H19NO4S/c1-11-7-12(2)16-14(8-11)13(9-15(18)21-16)10-17-3-5-22(19,20)6-4-17/h7-9H,3-6,10H2,1-2H3. The molecule has 3 rings (SSSR count). The van der Waals surface area contributed by atoms with Crippen LogP contribution in [0.1, 0.15) is 16.7 Å². The lowest BCUT2D eigenvalue weighted by atomic mass is 10.0. The highest BCUT2D eigenvalue weighted by molar-refractivity contribution is 7.91. The Morgan fingerprint density at radius 3 is 2.50 bits per heavy atom. The molecule has 0 aliphatic carbocycles. The summed E-state index contributed by atoms with van der Waals surface area (Å²) in [6.45, 7) is 5.52. The molecule has 1 aromatic carbocycles. The molecule has 0 amide bonds. The lowest BCUT2D eigenvalue weighted by molar-refractivity contribution is 0.288. The van der Waals surface area contributed by atoms with Crippen LogP contribution in [0.3, 0.4) is 0 Å². The summed E-state index contributed by atoms with van der Waals surface area (Å²) in [4.78, 5) is 13.9. The van der Waals surface area contributed by atoms with Crippen molar-refractivity contribution < 1.29 is 12.8 Å². The van der Waals surface area contributed by atoms with Crippen molar-refractivity contribution in [2.75, 3.05) is 24.6 Å². The number of nitrogens with zero attached hydrogens (tertiary/aromatic N) is 1. The van der Waals surface area contributed by atoms with Crippen LogP contribution >= 0.6 is 0 Å². The molecule has 5 nitrogen and oxygen atoms in total. The molecule has 1 aliphatic heterocycles. The highest BCUT2D eigenvalue weighted by Crippen LogP contribution is 2.24. The molecule has 0 N–H and O–H groups in total. The van der Waals surface area contributed by atoms with Gasteiger partial charge in [0.1, 0.15) is 5.58 Å². The van der Waals surface area contributed by atoms with Gasteiger partial charge in [-0.3, -0.25) is 4.90 Å². The molecule has 0 radical (unpaired) electrons. The highest BCUT2D eigenvalue weighted by atomic mass is 32.2. The maximum Gasteiger partial charge on any atom is 0.336 e. The normalized spacial score (nSPS) is 18.6. The maximum absolute atomic E-state index is 11.8. The number of fused-ring (bicyclic) bond motifs is 1. The third-order valence-electron chi connectivity index (χ3n) is 4.09. The smallest absolute Gasteiger partial charge is 0.336 e. The highest BCUT2D eigenvalue weighted by Gasteiger charge is 2.22. The Kier molecular flexibility index (Phi) is 3.82. The molecule has 0 saturated carbocycles. The summed E-state index contributed by atoms with van der Waals surface area (Å²) >= 11 is 0. The van der Waals surface area contributed by atoms with E-state index in [9.17, 15) is 13.2 Å². The van der Waals surface area contributed by atoms with Gasteiger partial charge in [0, 0.05) is 31.1 Å². The Morgan fingerprint density at radius 2 is 1.82 bits per heavy atom. The fraction of sp³-hybridized carbons (Fsp3) is 0.438. The first kappa shape index (κ1) is 15.2. The van der Waals surface area contributed by atoms with E-state index < -0.39 is 9.84 Å². The first-order valence-corrected chi connectivity index (χ1v) is 9.13. The van der Waals surface area contributed by atoms with E-state index in [-0.39, 0.29) is 17.1 Å². The van der Waals surface area contributed by atoms with Crippen LogP contribution in [0.25, 0.3) is 11.0 Å². The Bertz CT molecular complexity index is 869. The van der Waals surface area contributed by atoms with Gasteiger partial charge in [0.2, 0.25) is 0 Å². The van der Waals surface area contributed by atoms with E-state index in [1.807, 2.05) is 26.0 Å². The summed E-state index contributed by atoms with van der Waals surface area (Å²) in [6.07, 6.45) is 0. The van der Waals surface area contributed by atoms with E-state index in [1.54, 1.807) is 0 Å². The maximum atomic E-state index is 11.8. The lowest BCUT2D eigenvalue weighted by Gasteiger charge is -2.26. The Morgan fingerprint density at radius 1 is 1.14 bits per heavy atom. The lowest BCUT2D eigenvalue weighted by Crippen LogP contribution is -2.39. The predicted octanol–water partition coefficient (Wildman–Crippen LogP) is 1.64. The average Bonchev–Trinajstić information content (AvgIpc) is 2.42. The molecule has 1 saturated heterocycles. The quantitative estimate of drug-likeness (QED) is 0.787. The molecule has 0 atom stereocenters. The molecule has 0 spiro atoms. The largest absolute Gasteiger partial charge is 0.422 e. The minimum Gasteiger partial charge on any atom is -0.422 e. The molecule has 1 aromatic heterocycles. The number of hydrogen-bond donors (Lipinski definition) is 0. The predicted molar refractivity (Wildman–Crippen MR) is 85.9 cm³/mol. The SMILES string of the molecule is Cc1cc(C)c2oc(=O)cc(CN3CCS(=O)(=O)CC3)c2c1. The molecule has 0 bridgehead atoms. The van der Waals surface area contributed by atoms with Crippen LogP contribution in [0.15, 0.2) is 27.4 Å². The number of aryl methyl sites for hydroxylation is 2. The van der Waals surface area contributed by atoms with Gasteiger partial charge in [0.05, 0.1) is 11.5 Å². The molecular weight excluding hydrogens is 302 g/mol. The summed E-state index contributed by atoms with van der Waals surface area (Å²) in [6, 6.07) is 5.52. The van der Waals surface area contributed by atoms with Crippen LogP contribution in [-0.4, -0.2) is 37.9 Å². The molecule has 6 heteroatoms. The number of hydrogen-bond acceptors (Lipinski definition) is 5. The van der Waals surface area contributed by atoms with Crippen molar-refractivity contribution in [3.8, 4) is 0 Å². The molecular formula is C16H19NO4S. The average molecular weight is 321 g/mol. The van der Waals surface area contributed by atoms with Gasteiger partial charge in [0.25, 0.3) is 0 Å². The minimum atomic E-state index is -2.89. The Balaban J connectivity index is 1.99. The van der Waals surface area contributed by atoms with Gasteiger partial charge in [-0.1, -0.05) is 6.07 Å². The number of rotatable bonds is 2. The van der Waals surface area contributed by atoms with Crippen molar-refractivity contribution in [3.05, 3.63) is 45.3 Å². The van der Waals surface area contributed by atoms with Crippen molar-refractivity contribution in [1.29, 1.82) is 0 Å². The molecule has 118 valence electrons. The van der Waals surface area contributed by atoms with Crippen molar-refractivity contribution in [1.82, 2.24) is 4.90 Å². The Hall–Kier alpha value is -1.66. The van der Waals surface area contributed by atoms with E-state index >= 15 is 0 Å². The summed E-state index contributed by atoms with van der Waals surface area (Å²) in [5, 5.41) is 0.936. The summed E-state index contributed by atoms with van der Waals surface area (Å²) < 4.78 is 28.4. The molecule has 2 heterocycles. The second kappa shape index (κ2) is 5.52. The topological polar surface area (TPSA) is 67.6 Å². The summed E-state index contributed by atoms with van der Waals surface area (Å²) in [5.41, 5.74) is 3.21. The van der Waals surface area contributed by atoms with E-state index in [0.29, 0.717) is 25.2 Å². The van der Waals surface area contributed by atoms with E-state index in [0.717, 1.165) is 22.1 Å². The third-order valence-corrected chi connectivity index (χ3v) is 5.70. The Labute approximate surface area is 129 Å². The monoisotopic (exact) mass is 321 g/mol. The van der Waals surface area contributed by atoms with Crippen molar-refractivity contribution in [2.24, 2.45) is 0 Å². The second-order valence-corrected chi connectivity index (χ2v) is 8.28. The molecule has 0 unspecified atom stereocenters. The van der Waals surface area contributed by atoms with Crippen LogP contribution in [-0.2, 0) is 16.4 Å². The molecule has 1 aliphatic rings. The van der Waals surface area contributed by atoms with Crippen LogP contribution in [0, 0.1) is 13.8 Å². The van der Waals surface area contributed by atoms with Gasteiger partial charge >= 0.3 is 5.63 Å². The molecule has 22 heavy (non-hydrogen) atoms. The van der Waals surface area contributed by atoms with Crippen LogP contribution in [0.4, 0.5) is 0 Å². The third kappa shape index (κ3) is 3.08. The van der Waals surface area contributed by atoms with Crippen LogP contribution in [0.2, 0.25) is 0 Å². The van der Waals surface area contributed by atoms with Gasteiger partial charge in [-0.05, 0) is 36.6 Å². The zero-order valence-electron chi connectivity index (χ0n) is 12.8. The van der Waals surface area contributed by atoms with Gasteiger partial charge in [-0.2, -0.15) is 0 Å². The van der Waals surface area contributed by atoms with Crippen molar-refractivity contribution >= 4 is 20.8 Å². The fourth-order valence-electron chi connectivity index (χ4n) is 2.96. The van der Waals surface area contributed by atoms with E-state index in [4.69, 9.17) is 4.42 Å². The van der Waals surface area contributed by atoms with E-state index in [1.165, 1.54) is 6.07 Å². The first-order valence-electron chi connectivity index (χ1n) is 7.31. The van der Waals surface area contributed by atoms with Crippen LogP contribution in [0.5, 0.6) is 0 Å². The molecule has 1 fully saturated rings. The second-order valence-electron chi connectivity index (χ2n) is 5.98. The zero-order valence-corrected chi connectivity index (χ0v) is 13.6. The van der Waals surface area contributed by atoms with Gasteiger partial charge in [0.15, 0.2) is 9.84 Å². The fourth-order valence-corrected chi connectivity index (χ4v) is 4.24. The summed E-state index contributed by atoms with van der Waals surface area (Å²) in [7, 11) is -2.89. The number of sulfone groups is 1. The van der Waals surface area contributed by atoms with Gasteiger partial charge in [-0.25, -0.2) is 13.2 Å². The first-order chi connectivity index (χ1) is 10.3. The molecule has 2 aromatic rings. The van der Waals surface area contributed by atoms with E-state index in [2.05, 4.69) is 4.90 Å².